The Morgan fingerprint density at radius 2 is 1.42 bits per heavy atom. The molecular weight excluding hydrogens is 328 g/mol. The molecule has 0 aliphatic carbocycles. The fraction of sp³-hybridized carbons (Fsp3) is 0.636. The summed E-state index contributed by atoms with van der Waals surface area (Å²) in [5.41, 5.74) is 0.0870. The summed E-state index contributed by atoms with van der Waals surface area (Å²) in [6.45, 7) is 12.6. The van der Waals surface area contributed by atoms with Crippen LogP contribution >= 0.6 is 0 Å². The van der Waals surface area contributed by atoms with Crippen molar-refractivity contribution < 1.29 is 19.1 Å². The first-order valence-corrected chi connectivity index (χ1v) is 9.54. The summed E-state index contributed by atoms with van der Waals surface area (Å²) >= 11 is 0. The number of benzene rings is 1. The lowest BCUT2D eigenvalue weighted by Crippen LogP contribution is -2.43. The van der Waals surface area contributed by atoms with Crippen LogP contribution in [-0.4, -0.2) is 25.2 Å². The highest BCUT2D eigenvalue weighted by Gasteiger charge is 2.45. The molecular formula is C22H34O4. The van der Waals surface area contributed by atoms with Crippen molar-refractivity contribution in [1.29, 1.82) is 0 Å². The van der Waals surface area contributed by atoms with Crippen molar-refractivity contribution in [3.8, 4) is 0 Å². The summed E-state index contributed by atoms with van der Waals surface area (Å²) in [6.07, 6.45) is 0.489. The highest BCUT2D eigenvalue weighted by Crippen LogP contribution is 2.38. The maximum Gasteiger partial charge on any atom is 0.313 e. The van der Waals surface area contributed by atoms with Gasteiger partial charge in [-0.15, -0.1) is 0 Å². The van der Waals surface area contributed by atoms with Gasteiger partial charge in [0.1, 0.15) is 0 Å². The standard InChI is InChI=1S/C22H34O4/c1-16(2)14-25-20(23)13-22(18(5)6,21(24)26-15-17(3)4)12-19-10-8-7-9-11-19/h7-11,16-18H,12-15H2,1-6H3. The van der Waals surface area contributed by atoms with Gasteiger partial charge in [-0.1, -0.05) is 71.9 Å². The lowest BCUT2D eigenvalue weighted by atomic mass is 9.70. The highest BCUT2D eigenvalue weighted by atomic mass is 16.5. The molecule has 1 aromatic carbocycles. The van der Waals surface area contributed by atoms with E-state index in [-0.39, 0.29) is 36.1 Å². The van der Waals surface area contributed by atoms with Gasteiger partial charge < -0.3 is 9.47 Å². The molecule has 0 N–H and O–H groups in total. The summed E-state index contributed by atoms with van der Waals surface area (Å²) in [7, 11) is 0. The Morgan fingerprint density at radius 3 is 1.92 bits per heavy atom. The van der Waals surface area contributed by atoms with Gasteiger partial charge in [0.05, 0.1) is 25.0 Å². The van der Waals surface area contributed by atoms with Crippen LogP contribution in [-0.2, 0) is 25.5 Å². The van der Waals surface area contributed by atoms with Crippen LogP contribution in [0.5, 0.6) is 0 Å². The van der Waals surface area contributed by atoms with Crippen molar-refractivity contribution >= 4 is 11.9 Å². The molecule has 1 aromatic rings. The molecule has 0 heterocycles. The summed E-state index contributed by atoms with van der Waals surface area (Å²) < 4.78 is 11.0. The van der Waals surface area contributed by atoms with Gasteiger partial charge >= 0.3 is 11.9 Å². The van der Waals surface area contributed by atoms with Crippen molar-refractivity contribution in [3.63, 3.8) is 0 Å². The molecule has 26 heavy (non-hydrogen) atoms. The van der Waals surface area contributed by atoms with Crippen LogP contribution < -0.4 is 0 Å². The van der Waals surface area contributed by atoms with Crippen molar-refractivity contribution in [2.24, 2.45) is 23.2 Å². The molecule has 0 saturated carbocycles. The minimum absolute atomic E-state index is 0.0310. The van der Waals surface area contributed by atoms with Crippen LogP contribution in [0.3, 0.4) is 0 Å². The number of carbonyl (C=O) groups excluding carboxylic acids is 2. The molecule has 0 bridgehead atoms. The molecule has 0 saturated heterocycles. The van der Waals surface area contributed by atoms with E-state index in [1.165, 1.54) is 0 Å². The SMILES string of the molecule is CC(C)COC(=O)CC(Cc1ccccc1)(C(=O)OCC(C)C)C(C)C. The predicted octanol–water partition coefficient (Wildman–Crippen LogP) is 4.66. The number of hydrogen-bond acceptors (Lipinski definition) is 4. The first kappa shape index (κ1) is 22.2. The molecule has 0 aliphatic heterocycles. The first-order valence-electron chi connectivity index (χ1n) is 9.54. The Morgan fingerprint density at radius 1 is 0.885 bits per heavy atom. The van der Waals surface area contributed by atoms with E-state index in [2.05, 4.69) is 0 Å². The molecule has 0 amide bonds. The molecule has 0 spiro atoms. The van der Waals surface area contributed by atoms with Gasteiger partial charge in [-0.2, -0.15) is 0 Å². The summed E-state index contributed by atoms with van der Waals surface area (Å²) in [5.74, 6) is -0.215. The Balaban J connectivity index is 3.09. The summed E-state index contributed by atoms with van der Waals surface area (Å²) in [5, 5.41) is 0. The van der Waals surface area contributed by atoms with Gasteiger partial charge in [-0.3, -0.25) is 9.59 Å². The van der Waals surface area contributed by atoms with Crippen LogP contribution in [0.2, 0.25) is 0 Å². The fourth-order valence-corrected chi connectivity index (χ4v) is 2.77. The molecule has 0 radical (unpaired) electrons. The zero-order valence-electron chi connectivity index (χ0n) is 17.1. The molecule has 4 nitrogen and oxygen atoms in total. The smallest absolute Gasteiger partial charge is 0.313 e. The minimum atomic E-state index is -0.926. The van der Waals surface area contributed by atoms with Crippen LogP contribution in [0.15, 0.2) is 30.3 Å². The zero-order chi connectivity index (χ0) is 19.7. The van der Waals surface area contributed by atoms with Crippen molar-refractivity contribution in [3.05, 3.63) is 35.9 Å². The van der Waals surface area contributed by atoms with Gasteiger partial charge in [0, 0.05) is 0 Å². The van der Waals surface area contributed by atoms with Gasteiger partial charge in [0.15, 0.2) is 0 Å². The number of ether oxygens (including phenoxy) is 2. The van der Waals surface area contributed by atoms with E-state index in [4.69, 9.17) is 9.47 Å². The Kier molecular flexibility index (Phi) is 8.83. The average Bonchev–Trinajstić information content (AvgIpc) is 2.57. The van der Waals surface area contributed by atoms with Gasteiger partial charge in [-0.05, 0) is 29.7 Å². The van der Waals surface area contributed by atoms with E-state index in [1.807, 2.05) is 71.9 Å². The van der Waals surface area contributed by atoms with Crippen LogP contribution in [0, 0.1) is 23.2 Å². The van der Waals surface area contributed by atoms with Crippen molar-refractivity contribution in [2.45, 2.75) is 54.4 Å². The molecule has 4 heteroatoms. The lowest BCUT2D eigenvalue weighted by Gasteiger charge is -2.35. The number of rotatable bonds is 10. The largest absolute Gasteiger partial charge is 0.465 e. The first-order chi connectivity index (χ1) is 12.2. The third kappa shape index (κ3) is 6.81. The number of carbonyl (C=O) groups is 2. The maximum atomic E-state index is 13.1. The number of hydrogen-bond donors (Lipinski definition) is 0. The second kappa shape index (κ2) is 10.3. The highest BCUT2D eigenvalue weighted by molar-refractivity contribution is 5.84. The Bertz CT molecular complexity index is 563. The van der Waals surface area contributed by atoms with E-state index in [1.54, 1.807) is 0 Å². The summed E-state index contributed by atoms with van der Waals surface area (Å²) in [6, 6.07) is 9.78. The molecule has 146 valence electrons. The monoisotopic (exact) mass is 362 g/mol. The zero-order valence-corrected chi connectivity index (χ0v) is 17.1. The Hall–Kier alpha value is -1.84. The quantitative estimate of drug-likeness (QED) is 0.568. The normalized spacial score (nSPS) is 13.7. The van der Waals surface area contributed by atoms with E-state index in [0.29, 0.717) is 19.6 Å². The van der Waals surface area contributed by atoms with E-state index in [0.717, 1.165) is 5.56 Å². The van der Waals surface area contributed by atoms with Gasteiger partial charge in [0.25, 0.3) is 0 Å². The lowest BCUT2D eigenvalue weighted by molar-refractivity contribution is -0.167. The van der Waals surface area contributed by atoms with Crippen molar-refractivity contribution in [1.82, 2.24) is 0 Å². The molecule has 0 aromatic heterocycles. The molecule has 1 atom stereocenters. The Labute approximate surface area is 158 Å². The second-order valence-corrected chi connectivity index (χ2v) is 8.22. The fourth-order valence-electron chi connectivity index (χ4n) is 2.77. The minimum Gasteiger partial charge on any atom is -0.465 e. The van der Waals surface area contributed by atoms with E-state index >= 15 is 0 Å². The molecule has 1 unspecified atom stereocenters. The third-order valence-electron chi connectivity index (χ3n) is 4.46. The van der Waals surface area contributed by atoms with Crippen LogP contribution in [0.1, 0.15) is 53.5 Å². The number of esters is 2. The second-order valence-electron chi connectivity index (χ2n) is 8.22. The van der Waals surface area contributed by atoms with Crippen molar-refractivity contribution in [2.75, 3.05) is 13.2 Å². The molecule has 0 fully saturated rings. The topological polar surface area (TPSA) is 52.6 Å². The third-order valence-corrected chi connectivity index (χ3v) is 4.46. The van der Waals surface area contributed by atoms with Crippen LogP contribution in [0.25, 0.3) is 0 Å². The molecule has 0 aliphatic rings. The maximum absolute atomic E-state index is 13.1. The average molecular weight is 363 g/mol. The van der Waals surface area contributed by atoms with Crippen LogP contribution in [0.4, 0.5) is 0 Å². The van der Waals surface area contributed by atoms with E-state index in [9.17, 15) is 9.59 Å². The van der Waals surface area contributed by atoms with Gasteiger partial charge in [-0.25, -0.2) is 0 Å². The predicted molar refractivity (Wildman–Crippen MR) is 104 cm³/mol. The van der Waals surface area contributed by atoms with Gasteiger partial charge in [0.2, 0.25) is 0 Å². The molecule has 1 rings (SSSR count). The van der Waals surface area contributed by atoms with E-state index < -0.39 is 5.41 Å². The summed E-state index contributed by atoms with van der Waals surface area (Å²) in [4.78, 5) is 25.5.